The highest BCUT2D eigenvalue weighted by Crippen LogP contribution is 2.44. The van der Waals surface area contributed by atoms with Crippen LogP contribution in [0.15, 0.2) is 66.7 Å². The van der Waals surface area contributed by atoms with Gasteiger partial charge in [-0.3, -0.25) is 0 Å². The van der Waals surface area contributed by atoms with Gasteiger partial charge in [-0.2, -0.15) is 0 Å². The lowest BCUT2D eigenvalue weighted by Gasteiger charge is -2.17. The summed E-state index contributed by atoms with van der Waals surface area (Å²) in [5.74, 6) is 0.961. The van der Waals surface area contributed by atoms with Gasteiger partial charge in [-0.1, -0.05) is 54.6 Å². The smallest absolute Gasteiger partial charge is 0.127 e. The summed E-state index contributed by atoms with van der Waals surface area (Å²) in [4.78, 5) is 0. The maximum Gasteiger partial charge on any atom is 0.127 e. The lowest BCUT2D eigenvalue weighted by Crippen LogP contribution is -1.95. The second kappa shape index (κ2) is 5.63. The van der Waals surface area contributed by atoms with Crippen LogP contribution in [-0.2, 0) is 12.8 Å². The third-order valence-corrected chi connectivity index (χ3v) is 5.51. The molecule has 0 saturated heterocycles. The van der Waals surface area contributed by atoms with Crippen LogP contribution < -0.4 is 4.74 Å². The molecule has 0 aromatic heterocycles. The minimum Gasteiger partial charge on any atom is -0.496 e. The zero-order valence-corrected chi connectivity index (χ0v) is 14.4. The molecular weight excluding hydrogens is 304 g/mol. The maximum atomic E-state index is 5.78. The Bertz CT molecular complexity index is 1110. The van der Waals surface area contributed by atoms with Crippen LogP contribution in [0.5, 0.6) is 5.75 Å². The van der Waals surface area contributed by atoms with Crippen molar-refractivity contribution in [2.75, 3.05) is 7.11 Å². The van der Waals surface area contributed by atoms with E-state index >= 15 is 0 Å². The lowest BCUT2D eigenvalue weighted by molar-refractivity contribution is 0.417. The molecule has 0 N–H and O–H groups in total. The van der Waals surface area contributed by atoms with E-state index in [1.165, 1.54) is 56.6 Å². The summed E-state index contributed by atoms with van der Waals surface area (Å²) in [6.07, 6.45) is 3.57. The quantitative estimate of drug-likeness (QED) is 0.429. The minimum absolute atomic E-state index is 0.961. The summed E-state index contributed by atoms with van der Waals surface area (Å²) in [6, 6.07) is 24.0. The minimum atomic E-state index is 0.961. The van der Waals surface area contributed by atoms with Crippen molar-refractivity contribution in [3.05, 3.63) is 77.9 Å². The first-order valence-electron chi connectivity index (χ1n) is 8.96. The van der Waals surface area contributed by atoms with E-state index in [2.05, 4.69) is 66.7 Å². The molecule has 0 fully saturated rings. The van der Waals surface area contributed by atoms with Crippen LogP contribution in [0.1, 0.15) is 17.5 Å². The normalized spacial score (nSPS) is 13.3. The van der Waals surface area contributed by atoms with E-state index in [1.807, 2.05) is 0 Å². The molecule has 4 aromatic rings. The molecule has 0 saturated carbocycles. The third-order valence-electron chi connectivity index (χ3n) is 5.51. The van der Waals surface area contributed by atoms with E-state index in [0.717, 1.165) is 12.2 Å². The van der Waals surface area contributed by atoms with Crippen molar-refractivity contribution in [3.8, 4) is 16.9 Å². The topological polar surface area (TPSA) is 9.23 Å². The van der Waals surface area contributed by atoms with Gasteiger partial charge in [0.2, 0.25) is 0 Å². The van der Waals surface area contributed by atoms with Crippen LogP contribution in [0, 0.1) is 0 Å². The van der Waals surface area contributed by atoms with Gasteiger partial charge < -0.3 is 4.74 Å². The van der Waals surface area contributed by atoms with E-state index in [9.17, 15) is 0 Å². The first-order valence-corrected chi connectivity index (χ1v) is 8.96. The Labute approximate surface area is 147 Å². The molecule has 0 aliphatic heterocycles. The fourth-order valence-electron chi connectivity index (χ4n) is 4.40. The average Bonchev–Trinajstić information content (AvgIpc) is 3.17. The third kappa shape index (κ3) is 2.16. The number of methoxy groups -OCH3 is 1. The van der Waals surface area contributed by atoms with Crippen LogP contribution in [-0.4, -0.2) is 7.11 Å². The first-order chi connectivity index (χ1) is 12.4. The number of aryl methyl sites for hydroxylation is 1. The Kier molecular flexibility index (Phi) is 3.27. The van der Waals surface area contributed by atoms with Crippen molar-refractivity contribution >= 4 is 21.5 Å². The molecule has 0 unspecified atom stereocenters. The highest BCUT2D eigenvalue weighted by Gasteiger charge is 2.22. The van der Waals surface area contributed by atoms with Gasteiger partial charge in [0.05, 0.1) is 7.11 Å². The van der Waals surface area contributed by atoms with Crippen LogP contribution in [0.4, 0.5) is 0 Å². The molecule has 4 aromatic carbocycles. The zero-order chi connectivity index (χ0) is 16.8. The Morgan fingerprint density at radius 2 is 1.44 bits per heavy atom. The van der Waals surface area contributed by atoms with Crippen molar-refractivity contribution in [3.63, 3.8) is 0 Å². The van der Waals surface area contributed by atoms with Crippen molar-refractivity contribution in [1.29, 1.82) is 0 Å². The summed E-state index contributed by atoms with van der Waals surface area (Å²) >= 11 is 0. The second-order valence-corrected chi connectivity index (χ2v) is 6.82. The molecule has 122 valence electrons. The molecule has 0 radical (unpaired) electrons. The van der Waals surface area contributed by atoms with Gasteiger partial charge in [0.15, 0.2) is 0 Å². The molecule has 0 amide bonds. The molecule has 0 bridgehead atoms. The fourth-order valence-corrected chi connectivity index (χ4v) is 4.40. The Balaban J connectivity index is 1.93. The fraction of sp³-hybridized carbons (Fsp3) is 0.167. The number of hydrogen-bond acceptors (Lipinski definition) is 1. The van der Waals surface area contributed by atoms with Gasteiger partial charge in [-0.15, -0.1) is 0 Å². The first kappa shape index (κ1) is 14.5. The summed E-state index contributed by atoms with van der Waals surface area (Å²) in [5, 5.41) is 5.27. The van der Waals surface area contributed by atoms with E-state index in [4.69, 9.17) is 4.74 Å². The summed E-state index contributed by atoms with van der Waals surface area (Å²) < 4.78 is 5.78. The molecule has 1 nitrogen and oxygen atoms in total. The standard InChI is InChI=1S/C24H20O/c1-25-23-14-13-16-7-2-5-10-19(16)24(23)22-15-17-8-3-4-9-18(17)20-11-6-12-21(20)22/h2-5,7-10,13-15H,6,11-12H2,1H3. The maximum absolute atomic E-state index is 5.78. The summed E-state index contributed by atoms with van der Waals surface area (Å²) in [5.41, 5.74) is 5.63. The lowest BCUT2D eigenvalue weighted by atomic mass is 9.89. The number of rotatable bonds is 2. The molecule has 25 heavy (non-hydrogen) atoms. The predicted octanol–water partition coefficient (Wildman–Crippen LogP) is 6.16. The number of hydrogen-bond donors (Lipinski definition) is 0. The summed E-state index contributed by atoms with van der Waals surface area (Å²) in [6.45, 7) is 0. The molecule has 5 rings (SSSR count). The monoisotopic (exact) mass is 324 g/mol. The number of ether oxygens (including phenoxy) is 1. The van der Waals surface area contributed by atoms with Gasteiger partial charge in [0.1, 0.15) is 5.75 Å². The molecule has 1 aliphatic carbocycles. The SMILES string of the molecule is COc1ccc2ccccc2c1-c1cc2ccccc2c2c1CCC2. The van der Waals surface area contributed by atoms with Crippen molar-refractivity contribution < 1.29 is 4.74 Å². The number of benzene rings is 4. The Morgan fingerprint density at radius 3 is 2.28 bits per heavy atom. The average molecular weight is 324 g/mol. The molecule has 0 heterocycles. The molecule has 1 heteroatoms. The zero-order valence-electron chi connectivity index (χ0n) is 14.4. The van der Waals surface area contributed by atoms with Gasteiger partial charge in [-0.25, -0.2) is 0 Å². The van der Waals surface area contributed by atoms with Crippen molar-refractivity contribution in [2.45, 2.75) is 19.3 Å². The van der Waals surface area contributed by atoms with Crippen molar-refractivity contribution in [1.82, 2.24) is 0 Å². The van der Waals surface area contributed by atoms with Crippen molar-refractivity contribution in [2.24, 2.45) is 0 Å². The summed E-state index contributed by atoms with van der Waals surface area (Å²) in [7, 11) is 1.77. The van der Waals surface area contributed by atoms with E-state index in [1.54, 1.807) is 7.11 Å². The van der Waals surface area contributed by atoms with Gasteiger partial charge >= 0.3 is 0 Å². The second-order valence-electron chi connectivity index (χ2n) is 6.82. The van der Waals surface area contributed by atoms with Gasteiger partial charge in [-0.05, 0) is 69.6 Å². The number of fused-ring (bicyclic) bond motifs is 4. The molecule has 0 atom stereocenters. The van der Waals surface area contributed by atoms with E-state index < -0.39 is 0 Å². The Hall–Kier alpha value is -2.80. The predicted molar refractivity (Wildman–Crippen MR) is 105 cm³/mol. The molecule has 1 aliphatic rings. The molecule has 0 spiro atoms. The van der Waals surface area contributed by atoms with Crippen LogP contribution in [0.25, 0.3) is 32.7 Å². The van der Waals surface area contributed by atoms with Crippen LogP contribution >= 0.6 is 0 Å². The highest BCUT2D eigenvalue weighted by atomic mass is 16.5. The molecular formula is C24H20O. The van der Waals surface area contributed by atoms with Gasteiger partial charge in [0, 0.05) is 5.56 Å². The highest BCUT2D eigenvalue weighted by molar-refractivity contribution is 6.03. The van der Waals surface area contributed by atoms with Crippen LogP contribution in [0.3, 0.4) is 0 Å². The van der Waals surface area contributed by atoms with E-state index in [-0.39, 0.29) is 0 Å². The Morgan fingerprint density at radius 1 is 0.720 bits per heavy atom. The van der Waals surface area contributed by atoms with Crippen LogP contribution in [0.2, 0.25) is 0 Å². The van der Waals surface area contributed by atoms with Gasteiger partial charge in [0.25, 0.3) is 0 Å². The van der Waals surface area contributed by atoms with E-state index in [0.29, 0.717) is 0 Å². The largest absolute Gasteiger partial charge is 0.496 e.